The van der Waals surface area contributed by atoms with Crippen molar-refractivity contribution in [2.45, 2.75) is 44.2 Å². The zero-order valence-electron chi connectivity index (χ0n) is 11.0. The Balaban J connectivity index is 1.75. The van der Waals surface area contributed by atoms with Crippen molar-refractivity contribution in [3.8, 4) is 0 Å². The highest BCUT2D eigenvalue weighted by molar-refractivity contribution is 6.30. The van der Waals surface area contributed by atoms with E-state index in [1.807, 2.05) is 14.0 Å². The van der Waals surface area contributed by atoms with E-state index in [-0.39, 0.29) is 0 Å². The lowest BCUT2D eigenvalue weighted by Gasteiger charge is -2.23. The van der Waals surface area contributed by atoms with Crippen molar-refractivity contribution < 1.29 is 5.11 Å². The van der Waals surface area contributed by atoms with Crippen LogP contribution < -0.4 is 0 Å². The first-order valence-electron chi connectivity index (χ1n) is 6.63. The summed E-state index contributed by atoms with van der Waals surface area (Å²) in [7, 11) is 1.84. The standard InChI is InChI=1S/C13H20ClN3O/c1-9-11(12(14)16(2)15-9)7-13(18)5-6-17(8-13)10-3-4-10/h10,18H,3-8H2,1-2H3. The fourth-order valence-corrected chi connectivity index (χ4v) is 3.23. The van der Waals surface area contributed by atoms with Gasteiger partial charge < -0.3 is 5.11 Å². The summed E-state index contributed by atoms with van der Waals surface area (Å²) in [5.41, 5.74) is 1.31. The predicted octanol–water partition coefficient (Wildman–Crippen LogP) is 1.52. The Labute approximate surface area is 113 Å². The van der Waals surface area contributed by atoms with Crippen LogP contribution in [0.2, 0.25) is 5.15 Å². The van der Waals surface area contributed by atoms with Gasteiger partial charge in [0.25, 0.3) is 0 Å². The smallest absolute Gasteiger partial charge is 0.130 e. The Morgan fingerprint density at radius 2 is 2.22 bits per heavy atom. The Kier molecular flexibility index (Phi) is 2.92. The van der Waals surface area contributed by atoms with E-state index >= 15 is 0 Å². The number of hydrogen-bond acceptors (Lipinski definition) is 3. The molecule has 1 aliphatic carbocycles. The highest BCUT2D eigenvalue weighted by Crippen LogP contribution is 2.36. The van der Waals surface area contributed by atoms with Gasteiger partial charge in [0.1, 0.15) is 5.15 Å². The predicted molar refractivity (Wildman–Crippen MR) is 70.8 cm³/mol. The highest BCUT2D eigenvalue weighted by atomic mass is 35.5. The molecule has 2 aliphatic rings. The maximum atomic E-state index is 10.7. The van der Waals surface area contributed by atoms with E-state index in [4.69, 9.17) is 11.6 Å². The largest absolute Gasteiger partial charge is 0.388 e. The van der Waals surface area contributed by atoms with Crippen molar-refractivity contribution >= 4 is 11.6 Å². The molecule has 1 unspecified atom stereocenters. The van der Waals surface area contributed by atoms with E-state index in [1.165, 1.54) is 12.8 Å². The molecule has 1 N–H and O–H groups in total. The van der Waals surface area contributed by atoms with E-state index < -0.39 is 5.60 Å². The summed E-state index contributed by atoms with van der Waals surface area (Å²) in [5, 5.41) is 15.7. The molecule has 2 heterocycles. The Hall–Kier alpha value is -0.580. The quantitative estimate of drug-likeness (QED) is 0.905. The molecular weight excluding hydrogens is 250 g/mol. The number of aryl methyl sites for hydroxylation is 2. The third-order valence-corrected chi connectivity index (χ3v) is 4.67. The van der Waals surface area contributed by atoms with Gasteiger partial charge in [0, 0.05) is 38.2 Å². The molecule has 0 amide bonds. The van der Waals surface area contributed by atoms with Gasteiger partial charge in [-0.2, -0.15) is 5.10 Å². The maximum Gasteiger partial charge on any atom is 0.130 e. The highest BCUT2D eigenvalue weighted by Gasteiger charge is 2.42. The summed E-state index contributed by atoms with van der Waals surface area (Å²) < 4.78 is 1.68. The van der Waals surface area contributed by atoms with Gasteiger partial charge in [-0.1, -0.05) is 11.6 Å². The number of aromatic nitrogens is 2. The molecule has 0 bridgehead atoms. The average Bonchev–Trinajstić information content (AvgIpc) is 3.05. The molecule has 4 nitrogen and oxygen atoms in total. The van der Waals surface area contributed by atoms with Crippen molar-refractivity contribution in [1.82, 2.24) is 14.7 Å². The van der Waals surface area contributed by atoms with E-state index in [0.717, 1.165) is 36.8 Å². The number of likely N-dealkylation sites (tertiary alicyclic amines) is 1. The van der Waals surface area contributed by atoms with Crippen LogP contribution in [0.15, 0.2) is 0 Å². The minimum absolute atomic E-state index is 0.620. The molecule has 1 aromatic heterocycles. The monoisotopic (exact) mass is 269 g/mol. The summed E-state index contributed by atoms with van der Waals surface area (Å²) in [6, 6.07) is 0.726. The van der Waals surface area contributed by atoms with Crippen LogP contribution in [0.1, 0.15) is 30.5 Å². The van der Waals surface area contributed by atoms with E-state index in [9.17, 15) is 5.11 Å². The van der Waals surface area contributed by atoms with Gasteiger partial charge in [0.05, 0.1) is 11.3 Å². The number of hydrogen-bond donors (Lipinski definition) is 1. The lowest BCUT2D eigenvalue weighted by atomic mass is 9.94. The van der Waals surface area contributed by atoms with Crippen LogP contribution in [0.4, 0.5) is 0 Å². The third-order valence-electron chi connectivity index (χ3n) is 4.20. The molecule has 0 aromatic carbocycles. The van der Waals surface area contributed by atoms with Crippen molar-refractivity contribution in [1.29, 1.82) is 0 Å². The number of halogens is 1. The van der Waals surface area contributed by atoms with Gasteiger partial charge in [-0.3, -0.25) is 9.58 Å². The molecule has 1 saturated heterocycles. The summed E-state index contributed by atoms with van der Waals surface area (Å²) in [4.78, 5) is 2.42. The van der Waals surface area contributed by atoms with E-state index in [2.05, 4.69) is 10.00 Å². The van der Waals surface area contributed by atoms with Crippen LogP contribution in [-0.4, -0.2) is 44.5 Å². The SMILES string of the molecule is Cc1nn(C)c(Cl)c1CC1(O)CCN(C2CC2)C1. The lowest BCUT2D eigenvalue weighted by molar-refractivity contribution is 0.0486. The minimum atomic E-state index is -0.625. The topological polar surface area (TPSA) is 41.3 Å². The van der Waals surface area contributed by atoms with Crippen LogP contribution in [-0.2, 0) is 13.5 Å². The van der Waals surface area contributed by atoms with Gasteiger partial charge in [-0.25, -0.2) is 0 Å². The molecule has 3 rings (SSSR count). The first-order valence-corrected chi connectivity index (χ1v) is 7.01. The number of aliphatic hydroxyl groups is 1. The van der Waals surface area contributed by atoms with Gasteiger partial charge in [-0.05, 0) is 26.2 Å². The summed E-state index contributed by atoms with van der Waals surface area (Å²) in [6.45, 7) is 3.75. The molecule has 1 aromatic rings. The Morgan fingerprint density at radius 1 is 1.50 bits per heavy atom. The van der Waals surface area contributed by atoms with Crippen molar-refractivity contribution in [3.63, 3.8) is 0 Å². The second-order valence-corrected chi connectivity index (χ2v) is 6.19. The number of nitrogens with zero attached hydrogens (tertiary/aromatic N) is 3. The summed E-state index contributed by atoms with van der Waals surface area (Å²) in [6.07, 6.45) is 4.05. The van der Waals surface area contributed by atoms with Gasteiger partial charge in [0.15, 0.2) is 0 Å². The fourth-order valence-electron chi connectivity index (χ4n) is 2.99. The zero-order valence-corrected chi connectivity index (χ0v) is 11.7. The molecule has 1 atom stereocenters. The number of rotatable bonds is 3. The molecule has 5 heteroatoms. The van der Waals surface area contributed by atoms with E-state index in [0.29, 0.717) is 11.6 Å². The molecule has 1 saturated carbocycles. The summed E-state index contributed by atoms with van der Waals surface area (Å²) >= 11 is 6.24. The Bertz CT molecular complexity index is 469. The Morgan fingerprint density at radius 3 is 2.78 bits per heavy atom. The van der Waals surface area contributed by atoms with Gasteiger partial charge in [-0.15, -0.1) is 0 Å². The first-order chi connectivity index (χ1) is 8.48. The van der Waals surface area contributed by atoms with Crippen LogP contribution in [0.25, 0.3) is 0 Å². The zero-order chi connectivity index (χ0) is 12.9. The summed E-state index contributed by atoms with van der Waals surface area (Å²) in [5.74, 6) is 0. The van der Waals surface area contributed by atoms with Crippen molar-refractivity contribution in [3.05, 3.63) is 16.4 Å². The van der Waals surface area contributed by atoms with Gasteiger partial charge >= 0.3 is 0 Å². The van der Waals surface area contributed by atoms with Gasteiger partial charge in [0.2, 0.25) is 0 Å². The second-order valence-electron chi connectivity index (χ2n) is 5.83. The van der Waals surface area contributed by atoms with Crippen LogP contribution in [0.5, 0.6) is 0 Å². The lowest BCUT2D eigenvalue weighted by Crippen LogP contribution is -2.36. The molecule has 0 radical (unpaired) electrons. The van der Waals surface area contributed by atoms with Crippen molar-refractivity contribution in [2.75, 3.05) is 13.1 Å². The maximum absolute atomic E-state index is 10.7. The fraction of sp³-hybridized carbons (Fsp3) is 0.769. The molecule has 100 valence electrons. The number of β-amino-alcohol motifs (C(OH)–C–C–N with tert-alkyl or cyclic N) is 1. The van der Waals surface area contributed by atoms with Crippen LogP contribution >= 0.6 is 11.6 Å². The minimum Gasteiger partial charge on any atom is -0.388 e. The van der Waals surface area contributed by atoms with E-state index in [1.54, 1.807) is 4.68 Å². The first kappa shape index (κ1) is 12.5. The normalized spacial score (nSPS) is 29.1. The second kappa shape index (κ2) is 4.22. The van der Waals surface area contributed by atoms with Crippen LogP contribution in [0, 0.1) is 6.92 Å². The third kappa shape index (κ3) is 2.17. The molecule has 0 spiro atoms. The molecule has 2 fully saturated rings. The molecular formula is C13H20ClN3O. The van der Waals surface area contributed by atoms with Crippen molar-refractivity contribution in [2.24, 2.45) is 7.05 Å². The average molecular weight is 270 g/mol. The molecule has 18 heavy (non-hydrogen) atoms. The molecule has 1 aliphatic heterocycles. The van der Waals surface area contributed by atoms with Crippen LogP contribution in [0.3, 0.4) is 0 Å².